The van der Waals surface area contributed by atoms with Gasteiger partial charge in [0, 0.05) is 32.1 Å². The van der Waals surface area contributed by atoms with Gasteiger partial charge in [0.25, 0.3) is 5.56 Å². The van der Waals surface area contributed by atoms with Crippen molar-refractivity contribution in [3.05, 3.63) is 56.0 Å². The van der Waals surface area contributed by atoms with Gasteiger partial charge in [-0.05, 0) is 38.5 Å². The van der Waals surface area contributed by atoms with E-state index in [4.69, 9.17) is 4.74 Å². The average molecular weight is 529 g/mol. The molecule has 0 spiro atoms. The number of methoxy groups -OCH3 is 1. The highest BCUT2D eigenvalue weighted by Gasteiger charge is 2.35. The quantitative estimate of drug-likeness (QED) is 0.252. The molecule has 37 heavy (non-hydrogen) atoms. The van der Waals surface area contributed by atoms with Gasteiger partial charge in [-0.15, -0.1) is 5.12 Å². The number of nitrogens with zero attached hydrogens (tertiary/aromatic N) is 6. The van der Waals surface area contributed by atoms with Gasteiger partial charge in [-0.2, -0.15) is 10.2 Å². The number of Topliss-reactive ketones (excluding diaryl/α,β-unsaturated/α-hetero) is 1. The lowest BCUT2D eigenvalue weighted by atomic mass is 10.1. The Balaban J connectivity index is 2.00. The van der Waals surface area contributed by atoms with Gasteiger partial charge in [0.1, 0.15) is 27.4 Å². The number of likely N-dealkylation sites (tertiary alicyclic amines) is 1. The zero-order chi connectivity index (χ0) is 27.0. The van der Waals surface area contributed by atoms with E-state index in [1.165, 1.54) is 29.4 Å². The Kier molecular flexibility index (Phi) is 7.07. The number of ketones is 1. The van der Waals surface area contributed by atoms with E-state index in [0.29, 0.717) is 17.1 Å². The predicted octanol–water partition coefficient (Wildman–Crippen LogP) is 2.39. The number of carbonyl (C=O) groups excluding carboxylic acids is 2. The molecule has 0 aliphatic carbocycles. The summed E-state index contributed by atoms with van der Waals surface area (Å²) in [5, 5.41) is 9.76. The molecule has 1 amide bonds. The fraction of sp³-hybridized carbons (Fsp3) is 0.333. The molecule has 194 valence electrons. The molecule has 1 aromatic carbocycles. The van der Waals surface area contributed by atoms with Crippen LogP contribution in [0.2, 0.25) is 0 Å². The third-order valence-electron chi connectivity index (χ3n) is 6.23. The Morgan fingerprint density at radius 1 is 1.35 bits per heavy atom. The maximum atomic E-state index is 14.0. The first-order chi connectivity index (χ1) is 17.6. The van der Waals surface area contributed by atoms with Crippen molar-refractivity contribution in [3.63, 3.8) is 0 Å². The van der Waals surface area contributed by atoms with E-state index < -0.39 is 35.4 Å². The van der Waals surface area contributed by atoms with Gasteiger partial charge in [-0.3, -0.25) is 19.0 Å². The highest BCUT2D eigenvalue weighted by atomic mass is 32.1. The minimum absolute atomic E-state index is 0.0598. The largest absolute Gasteiger partial charge is 0.496 e. The Hall–Kier alpha value is -4.13. The summed E-state index contributed by atoms with van der Waals surface area (Å²) in [4.78, 5) is 55.2. The summed E-state index contributed by atoms with van der Waals surface area (Å²) >= 11 is 1.03. The fourth-order valence-corrected chi connectivity index (χ4v) is 5.61. The Morgan fingerprint density at radius 3 is 2.68 bits per heavy atom. The summed E-state index contributed by atoms with van der Waals surface area (Å²) < 4.78 is 21.2. The molecule has 0 radical (unpaired) electrons. The van der Waals surface area contributed by atoms with Gasteiger partial charge < -0.3 is 9.64 Å². The number of aryl methyl sites for hydroxylation is 1. The highest BCUT2D eigenvalue weighted by Crippen LogP contribution is 2.36. The lowest BCUT2D eigenvalue weighted by Gasteiger charge is -2.16. The molecule has 1 fully saturated rings. The van der Waals surface area contributed by atoms with Crippen LogP contribution in [0, 0.1) is 12.7 Å². The molecule has 4 rings (SSSR count). The van der Waals surface area contributed by atoms with E-state index in [1.54, 1.807) is 20.9 Å². The van der Waals surface area contributed by atoms with Gasteiger partial charge in [-0.1, -0.05) is 11.3 Å². The van der Waals surface area contributed by atoms with Crippen LogP contribution in [0.5, 0.6) is 5.75 Å². The second-order valence-corrected chi connectivity index (χ2v) is 9.37. The van der Waals surface area contributed by atoms with Crippen LogP contribution < -0.4 is 21.1 Å². The third-order valence-corrected chi connectivity index (χ3v) is 7.51. The molecule has 1 atom stereocenters. The monoisotopic (exact) mass is 528 g/mol. The highest BCUT2D eigenvalue weighted by molar-refractivity contribution is 7.22. The van der Waals surface area contributed by atoms with Crippen molar-refractivity contribution in [2.24, 2.45) is 10.2 Å². The summed E-state index contributed by atoms with van der Waals surface area (Å²) in [6.45, 7) is 6.70. The summed E-state index contributed by atoms with van der Waals surface area (Å²) in [6, 6.07) is 2.49. The van der Waals surface area contributed by atoms with E-state index in [2.05, 4.69) is 16.9 Å². The van der Waals surface area contributed by atoms with Crippen LogP contribution in [0.15, 0.2) is 38.0 Å². The second-order valence-electron chi connectivity index (χ2n) is 8.39. The maximum absolute atomic E-state index is 14.0. The zero-order valence-corrected chi connectivity index (χ0v) is 21.5. The van der Waals surface area contributed by atoms with E-state index >= 15 is 0 Å². The zero-order valence-electron chi connectivity index (χ0n) is 20.7. The number of hydrogen-bond acceptors (Lipinski definition) is 9. The number of thiophene rings is 1. The van der Waals surface area contributed by atoms with E-state index in [1.807, 2.05) is 0 Å². The molecule has 1 saturated heterocycles. The molecule has 0 unspecified atom stereocenters. The van der Waals surface area contributed by atoms with Crippen LogP contribution in [0.25, 0.3) is 10.2 Å². The van der Waals surface area contributed by atoms with Crippen LogP contribution in [-0.4, -0.2) is 59.4 Å². The first-order valence-electron chi connectivity index (χ1n) is 11.3. The summed E-state index contributed by atoms with van der Waals surface area (Å²) in [5.74, 6) is -1.50. The fourth-order valence-electron chi connectivity index (χ4n) is 4.39. The van der Waals surface area contributed by atoms with Crippen molar-refractivity contribution in [2.75, 3.05) is 25.8 Å². The van der Waals surface area contributed by atoms with Crippen molar-refractivity contribution in [1.82, 2.24) is 14.0 Å². The topological polar surface area (TPSA) is 119 Å². The summed E-state index contributed by atoms with van der Waals surface area (Å²) in [5.41, 5.74) is -1.07. The van der Waals surface area contributed by atoms with Crippen LogP contribution in [0.3, 0.4) is 0 Å². The van der Waals surface area contributed by atoms with E-state index in [9.17, 15) is 23.6 Å². The Labute approximate surface area is 214 Å². The lowest BCUT2D eigenvalue weighted by molar-refractivity contribution is -0.129. The molecular formula is C24H25FN6O5S. The van der Waals surface area contributed by atoms with Crippen LogP contribution in [-0.2, 0) is 11.3 Å². The number of ether oxygens (including phenoxy) is 1. The predicted molar refractivity (Wildman–Crippen MR) is 140 cm³/mol. The van der Waals surface area contributed by atoms with Gasteiger partial charge in [0.2, 0.25) is 5.91 Å². The maximum Gasteiger partial charge on any atom is 0.333 e. The number of benzene rings is 1. The molecule has 3 heterocycles. The number of hydrogen-bond donors (Lipinski definition) is 0. The van der Waals surface area contributed by atoms with Crippen molar-refractivity contribution in [1.29, 1.82) is 0 Å². The lowest BCUT2D eigenvalue weighted by Crippen LogP contribution is -2.44. The molecule has 2 aromatic heterocycles. The normalized spacial score (nSPS) is 15.6. The number of carbonyl (C=O) groups is 2. The van der Waals surface area contributed by atoms with Gasteiger partial charge >= 0.3 is 5.69 Å². The molecular weight excluding hydrogens is 503 g/mol. The number of likely N-dealkylation sites (N-methyl/N-ethyl adjacent to an activating group) is 1. The minimum atomic E-state index is -1.01. The number of fused-ring (bicyclic) bond motifs is 1. The number of rotatable bonds is 8. The van der Waals surface area contributed by atoms with E-state index in [-0.39, 0.29) is 33.9 Å². The number of anilines is 1. The summed E-state index contributed by atoms with van der Waals surface area (Å²) in [6.07, 6.45) is 1.74. The van der Waals surface area contributed by atoms with Crippen LogP contribution in [0.1, 0.15) is 35.3 Å². The molecule has 0 N–H and O–H groups in total. The summed E-state index contributed by atoms with van der Waals surface area (Å²) in [7, 11) is 2.94. The first-order valence-corrected chi connectivity index (χ1v) is 12.1. The first kappa shape index (κ1) is 25.9. The molecule has 1 aliphatic heterocycles. The molecule has 3 aromatic rings. The van der Waals surface area contributed by atoms with Gasteiger partial charge in [0.15, 0.2) is 5.78 Å². The number of aromatic nitrogens is 2. The average Bonchev–Trinajstić information content (AvgIpc) is 3.39. The van der Waals surface area contributed by atoms with Crippen LogP contribution >= 0.6 is 11.3 Å². The van der Waals surface area contributed by atoms with Gasteiger partial charge in [0.05, 0.1) is 24.6 Å². The Bertz CT molecular complexity index is 1570. The third kappa shape index (κ3) is 4.35. The standard InChI is InChI=1S/C24H25FN6O5S/c1-6-27-31(26-3)22-13(2)19-21(34)30(16-9-10-28(4)20(16)33)24(35)29(23(19)37-22)12-17(32)15-11-14(25)7-8-18(15)36-5/h6-8,11,16H,3,9-10,12H2,1-2,4-5H3/b27-6-/t16-/m1/s1. The molecule has 0 saturated carbocycles. The molecule has 0 bridgehead atoms. The van der Waals surface area contributed by atoms with Gasteiger partial charge in [-0.25, -0.2) is 13.8 Å². The molecule has 1 aliphatic rings. The Morgan fingerprint density at radius 2 is 2.08 bits per heavy atom. The number of halogens is 1. The van der Waals surface area contributed by atoms with Crippen LogP contribution in [0.4, 0.5) is 9.39 Å². The molecule has 11 nitrogen and oxygen atoms in total. The second kappa shape index (κ2) is 10.1. The van der Waals surface area contributed by atoms with Crippen molar-refractivity contribution < 1.29 is 18.7 Å². The number of hydrazone groups is 2. The van der Waals surface area contributed by atoms with Crippen molar-refractivity contribution in [2.45, 2.75) is 32.9 Å². The molecule has 13 heteroatoms. The van der Waals surface area contributed by atoms with E-state index in [0.717, 1.165) is 32.6 Å². The minimum Gasteiger partial charge on any atom is -0.496 e. The SMILES string of the molecule is C=NN(/N=C\C)c1sc2c(c1C)c(=O)n([C@@H]1CCN(C)C1=O)c(=O)n2CC(=O)c1cc(F)ccc1OC. The van der Waals surface area contributed by atoms with Crippen molar-refractivity contribution >= 4 is 51.2 Å². The van der Waals surface area contributed by atoms with Crippen molar-refractivity contribution in [3.8, 4) is 5.75 Å². The number of amides is 1. The smallest absolute Gasteiger partial charge is 0.333 e.